The van der Waals surface area contributed by atoms with Crippen LogP contribution in [-0.2, 0) is 7.05 Å². The fourth-order valence-corrected chi connectivity index (χ4v) is 1.14. The minimum absolute atomic E-state index is 0.0373. The first-order valence-electron chi connectivity index (χ1n) is 4.76. The highest BCUT2D eigenvalue weighted by Gasteiger charge is 2.20. The first-order chi connectivity index (χ1) is 7.28. The number of aromatic amines is 1. The number of anilines is 2. The van der Waals surface area contributed by atoms with Crippen LogP contribution in [0.5, 0.6) is 0 Å². The van der Waals surface area contributed by atoms with E-state index in [4.69, 9.17) is 10.8 Å². The second kappa shape index (κ2) is 4.01. The van der Waals surface area contributed by atoms with Crippen LogP contribution < -0.4 is 22.3 Å². The average Bonchev–Trinajstić information content (AvgIpc) is 2.21. The molecule has 90 valence electrons. The van der Waals surface area contributed by atoms with Gasteiger partial charge in [0, 0.05) is 7.05 Å². The number of hydrogen-bond donors (Lipinski definition) is 4. The highest BCUT2D eigenvalue weighted by atomic mass is 16.3. The van der Waals surface area contributed by atoms with Crippen molar-refractivity contribution >= 4 is 11.5 Å². The number of nitrogens with one attached hydrogen (secondary N) is 2. The molecule has 0 unspecified atom stereocenters. The summed E-state index contributed by atoms with van der Waals surface area (Å²) in [6, 6.07) is 0. The lowest BCUT2D eigenvalue weighted by molar-refractivity contribution is 0.234. The SMILES string of the molecule is Cn1c(N)c(NC(C)(C)CO)c(=O)[nH]c1=O. The molecule has 1 aromatic heterocycles. The van der Waals surface area contributed by atoms with Crippen molar-refractivity contribution in [2.24, 2.45) is 7.05 Å². The summed E-state index contributed by atoms with van der Waals surface area (Å²) in [4.78, 5) is 24.8. The molecule has 0 bridgehead atoms. The maximum atomic E-state index is 11.5. The maximum absolute atomic E-state index is 11.5. The standard InChI is InChI=1S/C9H16N4O3/c1-9(2,4-14)12-5-6(10)13(3)8(16)11-7(5)15/h12,14H,4,10H2,1-3H3,(H,11,15,16). The Bertz CT molecular complexity index is 500. The fraction of sp³-hybridized carbons (Fsp3) is 0.556. The molecule has 0 spiro atoms. The van der Waals surface area contributed by atoms with Crippen LogP contribution in [0.25, 0.3) is 0 Å². The van der Waals surface area contributed by atoms with E-state index < -0.39 is 16.8 Å². The Morgan fingerprint density at radius 3 is 2.56 bits per heavy atom. The Balaban J connectivity index is 3.31. The van der Waals surface area contributed by atoms with Crippen LogP contribution in [0.15, 0.2) is 9.59 Å². The van der Waals surface area contributed by atoms with Crippen molar-refractivity contribution in [3.05, 3.63) is 20.8 Å². The van der Waals surface area contributed by atoms with Crippen molar-refractivity contribution in [2.45, 2.75) is 19.4 Å². The molecule has 7 heteroatoms. The van der Waals surface area contributed by atoms with E-state index in [-0.39, 0.29) is 18.1 Å². The van der Waals surface area contributed by atoms with Crippen molar-refractivity contribution < 1.29 is 5.11 Å². The third kappa shape index (κ3) is 2.25. The molecule has 0 aliphatic carbocycles. The van der Waals surface area contributed by atoms with Gasteiger partial charge >= 0.3 is 5.69 Å². The molecule has 0 atom stereocenters. The lowest BCUT2D eigenvalue weighted by atomic mass is 10.1. The Kier molecular flexibility index (Phi) is 3.09. The monoisotopic (exact) mass is 228 g/mol. The molecule has 0 aromatic carbocycles. The fourth-order valence-electron chi connectivity index (χ4n) is 1.14. The number of aliphatic hydroxyl groups excluding tert-OH is 1. The minimum Gasteiger partial charge on any atom is -0.394 e. The second-order valence-corrected chi connectivity index (χ2v) is 4.25. The van der Waals surface area contributed by atoms with E-state index in [0.717, 1.165) is 4.57 Å². The van der Waals surface area contributed by atoms with Gasteiger partial charge in [-0.2, -0.15) is 0 Å². The molecule has 16 heavy (non-hydrogen) atoms. The van der Waals surface area contributed by atoms with Crippen LogP contribution in [0.2, 0.25) is 0 Å². The molecule has 0 saturated carbocycles. The third-order valence-corrected chi connectivity index (χ3v) is 2.23. The molecule has 0 saturated heterocycles. The highest BCUT2D eigenvalue weighted by molar-refractivity contribution is 5.61. The van der Waals surface area contributed by atoms with E-state index in [2.05, 4.69) is 10.3 Å². The van der Waals surface area contributed by atoms with Crippen LogP contribution in [0.3, 0.4) is 0 Å². The Morgan fingerprint density at radius 2 is 2.06 bits per heavy atom. The van der Waals surface area contributed by atoms with Gasteiger partial charge in [-0.25, -0.2) is 4.79 Å². The summed E-state index contributed by atoms with van der Waals surface area (Å²) in [5.74, 6) is 0.0373. The predicted molar refractivity (Wildman–Crippen MR) is 61.5 cm³/mol. The number of nitrogens with zero attached hydrogens (tertiary/aromatic N) is 1. The smallest absolute Gasteiger partial charge is 0.329 e. The highest BCUT2D eigenvalue weighted by Crippen LogP contribution is 2.15. The molecule has 0 fully saturated rings. The van der Waals surface area contributed by atoms with Gasteiger partial charge in [0.15, 0.2) is 0 Å². The summed E-state index contributed by atoms with van der Waals surface area (Å²) < 4.78 is 1.12. The lowest BCUT2D eigenvalue weighted by Gasteiger charge is -2.25. The Morgan fingerprint density at radius 1 is 1.50 bits per heavy atom. The molecule has 0 amide bonds. The second-order valence-electron chi connectivity index (χ2n) is 4.25. The van der Waals surface area contributed by atoms with Crippen LogP contribution in [0.4, 0.5) is 11.5 Å². The van der Waals surface area contributed by atoms with Crippen molar-refractivity contribution in [3.8, 4) is 0 Å². The summed E-state index contributed by atoms with van der Waals surface area (Å²) in [7, 11) is 1.45. The van der Waals surface area contributed by atoms with Crippen molar-refractivity contribution in [1.29, 1.82) is 0 Å². The van der Waals surface area contributed by atoms with Gasteiger partial charge in [-0.3, -0.25) is 14.3 Å². The minimum atomic E-state index is -0.696. The Labute approximate surface area is 91.9 Å². The average molecular weight is 228 g/mol. The number of rotatable bonds is 3. The molecule has 1 heterocycles. The normalized spacial score (nSPS) is 11.5. The number of aliphatic hydroxyl groups is 1. The largest absolute Gasteiger partial charge is 0.394 e. The topological polar surface area (TPSA) is 113 Å². The summed E-state index contributed by atoms with van der Waals surface area (Å²) >= 11 is 0. The van der Waals surface area contributed by atoms with E-state index in [0.29, 0.717) is 0 Å². The molecule has 0 aliphatic heterocycles. The summed E-state index contributed by atoms with van der Waals surface area (Å²) in [5.41, 5.74) is 3.86. The van der Waals surface area contributed by atoms with Crippen molar-refractivity contribution in [2.75, 3.05) is 17.7 Å². The predicted octanol–water partition coefficient (Wildman–Crippen LogP) is -1.16. The molecular weight excluding hydrogens is 212 g/mol. The molecule has 5 N–H and O–H groups in total. The lowest BCUT2D eigenvalue weighted by Crippen LogP contribution is -2.40. The quantitative estimate of drug-likeness (QED) is 0.521. The van der Waals surface area contributed by atoms with Gasteiger partial charge < -0.3 is 16.2 Å². The van der Waals surface area contributed by atoms with Gasteiger partial charge in [0.25, 0.3) is 5.56 Å². The van der Waals surface area contributed by atoms with E-state index in [1.54, 1.807) is 13.8 Å². The van der Waals surface area contributed by atoms with E-state index in [9.17, 15) is 9.59 Å². The van der Waals surface area contributed by atoms with Gasteiger partial charge in [-0.1, -0.05) is 0 Å². The maximum Gasteiger partial charge on any atom is 0.329 e. The van der Waals surface area contributed by atoms with Crippen LogP contribution in [0, 0.1) is 0 Å². The first-order valence-corrected chi connectivity index (χ1v) is 4.76. The van der Waals surface area contributed by atoms with Crippen LogP contribution in [-0.4, -0.2) is 26.8 Å². The number of nitrogens with two attached hydrogens (primary N) is 1. The molecule has 0 aliphatic rings. The Hall–Kier alpha value is -1.76. The zero-order valence-electron chi connectivity index (χ0n) is 9.50. The number of aromatic nitrogens is 2. The number of nitrogen functional groups attached to an aromatic ring is 1. The zero-order valence-corrected chi connectivity index (χ0v) is 9.50. The van der Waals surface area contributed by atoms with Gasteiger partial charge in [0.05, 0.1) is 12.1 Å². The zero-order chi connectivity index (χ0) is 12.5. The van der Waals surface area contributed by atoms with Gasteiger partial charge in [0.2, 0.25) is 0 Å². The van der Waals surface area contributed by atoms with Gasteiger partial charge in [-0.05, 0) is 13.8 Å². The summed E-state index contributed by atoms with van der Waals surface area (Å²) in [5, 5.41) is 11.9. The number of hydrogen-bond acceptors (Lipinski definition) is 5. The van der Waals surface area contributed by atoms with E-state index in [1.165, 1.54) is 7.05 Å². The van der Waals surface area contributed by atoms with E-state index >= 15 is 0 Å². The number of H-pyrrole nitrogens is 1. The molecular formula is C9H16N4O3. The van der Waals surface area contributed by atoms with Gasteiger partial charge in [0.1, 0.15) is 11.5 Å². The molecule has 7 nitrogen and oxygen atoms in total. The molecule has 1 rings (SSSR count). The third-order valence-electron chi connectivity index (χ3n) is 2.23. The van der Waals surface area contributed by atoms with Crippen LogP contribution >= 0.6 is 0 Å². The summed E-state index contributed by atoms with van der Waals surface area (Å²) in [6.07, 6.45) is 0. The molecule has 1 aromatic rings. The van der Waals surface area contributed by atoms with Crippen LogP contribution in [0.1, 0.15) is 13.8 Å². The van der Waals surface area contributed by atoms with Crippen molar-refractivity contribution in [1.82, 2.24) is 9.55 Å². The van der Waals surface area contributed by atoms with Gasteiger partial charge in [-0.15, -0.1) is 0 Å². The molecule has 0 radical (unpaired) electrons. The van der Waals surface area contributed by atoms with E-state index in [1.807, 2.05) is 0 Å². The van der Waals surface area contributed by atoms with Crippen molar-refractivity contribution in [3.63, 3.8) is 0 Å². The first kappa shape index (κ1) is 12.3. The summed E-state index contributed by atoms with van der Waals surface area (Å²) in [6.45, 7) is 3.24.